The lowest BCUT2D eigenvalue weighted by atomic mass is 10.3. The van der Waals surface area contributed by atoms with Crippen LogP contribution in [0.5, 0.6) is 0 Å². The lowest BCUT2D eigenvalue weighted by molar-refractivity contribution is 0.115. The van der Waals surface area contributed by atoms with E-state index in [1.54, 1.807) is 0 Å². The summed E-state index contributed by atoms with van der Waals surface area (Å²) >= 11 is 0. The van der Waals surface area contributed by atoms with Crippen LogP contribution in [0.15, 0.2) is 0 Å². The second kappa shape index (κ2) is 8.08. The Labute approximate surface area is 94.2 Å². The van der Waals surface area contributed by atoms with Crippen molar-refractivity contribution in [3.8, 4) is 0 Å². The first kappa shape index (κ1) is 12.9. The zero-order chi connectivity index (χ0) is 10.9. The first-order valence-corrected chi connectivity index (χ1v) is 6.40. The first-order valence-electron chi connectivity index (χ1n) is 6.40. The molecule has 0 unspecified atom stereocenters. The molecule has 1 rings (SSSR count). The molecule has 0 aromatic heterocycles. The van der Waals surface area contributed by atoms with Gasteiger partial charge in [0.15, 0.2) is 0 Å². The predicted octanol–water partition coefficient (Wildman–Crippen LogP) is 1.49. The second-order valence-corrected chi connectivity index (χ2v) is 4.21. The molecule has 0 spiro atoms. The van der Waals surface area contributed by atoms with E-state index in [0.717, 1.165) is 32.3 Å². The summed E-state index contributed by atoms with van der Waals surface area (Å²) in [6.45, 7) is 10.6. The molecular weight excluding hydrogens is 188 g/mol. The highest BCUT2D eigenvalue weighted by atomic mass is 16.5. The number of likely N-dealkylation sites (N-methyl/N-ethyl adjacent to an activating group) is 1. The first-order chi connectivity index (χ1) is 7.36. The zero-order valence-corrected chi connectivity index (χ0v) is 10.3. The Morgan fingerprint density at radius 1 is 1.27 bits per heavy atom. The molecule has 0 aliphatic heterocycles. The molecule has 0 bridgehead atoms. The van der Waals surface area contributed by atoms with Crippen molar-refractivity contribution in [3.05, 3.63) is 0 Å². The van der Waals surface area contributed by atoms with E-state index < -0.39 is 0 Å². The molecule has 0 amide bonds. The molecule has 90 valence electrons. The summed E-state index contributed by atoms with van der Waals surface area (Å²) in [5, 5.41) is 3.55. The molecule has 0 radical (unpaired) electrons. The molecular formula is C12H26N2O. The van der Waals surface area contributed by atoms with Gasteiger partial charge in [0.25, 0.3) is 0 Å². The summed E-state index contributed by atoms with van der Waals surface area (Å²) in [6, 6.07) is 0.850. The van der Waals surface area contributed by atoms with Gasteiger partial charge >= 0.3 is 0 Å². The van der Waals surface area contributed by atoms with Crippen molar-refractivity contribution in [2.45, 2.75) is 39.2 Å². The van der Waals surface area contributed by atoms with Gasteiger partial charge in [-0.05, 0) is 45.8 Å². The van der Waals surface area contributed by atoms with Crippen LogP contribution in [-0.2, 0) is 4.74 Å². The van der Waals surface area contributed by atoms with Gasteiger partial charge in [-0.3, -0.25) is 0 Å². The third kappa shape index (κ3) is 6.88. The smallest absolute Gasteiger partial charge is 0.0593 e. The van der Waals surface area contributed by atoms with E-state index in [9.17, 15) is 0 Å². The Bertz CT molecular complexity index is 149. The third-order valence-corrected chi connectivity index (χ3v) is 2.86. The summed E-state index contributed by atoms with van der Waals surface area (Å²) in [4.78, 5) is 2.46. The van der Waals surface area contributed by atoms with Gasteiger partial charge in [-0.25, -0.2) is 0 Å². The topological polar surface area (TPSA) is 24.5 Å². The molecule has 0 heterocycles. The molecule has 1 aliphatic rings. The Kier molecular flexibility index (Phi) is 6.98. The van der Waals surface area contributed by atoms with Crippen molar-refractivity contribution in [1.82, 2.24) is 10.2 Å². The fraction of sp³-hybridized carbons (Fsp3) is 1.00. The van der Waals surface area contributed by atoms with Gasteiger partial charge in [-0.1, -0.05) is 6.92 Å². The van der Waals surface area contributed by atoms with E-state index in [4.69, 9.17) is 4.74 Å². The Morgan fingerprint density at radius 3 is 2.67 bits per heavy atom. The lowest BCUT2D eigenvalue weighted by Crippen LogP contribution is -2.30. The van der Waals surface area contributed by atoms with Crippen molar-refractivity contribution in [2.75, 3.05) is 39.4 Å². The monoisotopic (exact) mass is 214 g/mol. The van der Waals surface area contributed by atoms with Crippen molar-refractivity contribution < 1.29 is 4.74 Å². The van der Waals surface area contributed by atoms with Crippen LogP contribution in [0.1, 0.15) is 33.1 Å². The highest BCUT2D eigenvalue weighted by molar-refractivity contribution is 4.80. The van der Waals surface area contributed by atoms with Crippen LogP contribution in [0.2, 0.25) is 0 Å². The molecule has 3 heteroatoms. The molecule has 0 saturated heterocycles. The minimum absolute atomic E-state index is 0.834. The summed E-state index contributed by atoms with van der Waals surface area (Å²) in [6.07, 6.45) is 4.04. The maximum Gasteiger partial charge on any atom is 0.0593 e. The molecule has 0 atom stereocenters. The van der Waals surface area contributed by atoms with Crippen molar-refractivity contribution >= 4 is 0 Å². The van der Waals surface area contributed by atoms with E-state index in [2.05, 4.69) is 24.1 Å². The summed E-state index contributed by atoms with van der Waals surface area (Å²) in [5.41, 5.74) is 0. The van der Waals surface area contributed by atoms with Gasteiger partial charge in [0.2, 0.25) is 0 Å². The van der Waals surface area contributed by atoms with E-state index in [1.807, 2.05) is 0 Å². The highest BCUT2D eigenvalue weighted by Gasteiger charge is 2.19. The summed E-state index contributed by atoms with van der Waals surface area (Å²) in [7, 11) is 0. The molecule has 0 aromatic rings. The summed E-state index contributed by atoms with van der Waals surface area (Å²) in [5.74, 6) is 0. The van der Waals surface area contributed by atoms with Crippen molar-refractivity contribution in [3.63, 3.8) is 0 Å². The van der Waals surface area contributed by atoms with E-state index in [-0.39, 0.29) is 0 Å². The quantitative estimate of drug-likeness (QED) is 0.558. The molecule has 1 N–H and O–H groups in total. The van der Waals surface area contributed by atoms with Gasteiger partial charge in [0.1, 0.15) is 0 Å². The highest BCUT2D eigenvalue weighted by Crippen LogP contribution is 2.18. The maximum atomic E-state index is 5.36. The van der Waals surface area contributed by atoms with E-state index >= 15 is 0 Å². The molecule has 0 aromatic carbocycles. The number of hydrogen-bond acceptors (Lipinski definition) is 3. The van der Waals surface area contributed by atoms with Crippen LogP contribution in [0.3, 0.4) is 0 Å². The SMILES string of the molecule is CCOCCN(CC)CCCNC1CC1. The van der Waals surface area contributed by atoms with Crippen LogP contribution in [0, 0.1) is 0 Å². The predicted molar refractivity (Wildman–Crippen MR) is 64.2 cm³/mol. The van der Waals surface area contributed by atoms with Crippen LogP contribution < -0.4 is 5.32 Å². The van der Waals surface area contributed by atoms with Crippen molar-refractivity contribution in [1.29, 1.82) is 0 Å². The normalized spacial score (nSPS) is 16.2. The van der Waals surface area contributed by atoms with Gasteiger partial charge < -0.3 is 15.0 Å². The minimum Gasteiger partial charge on any atom is -0.380 e. The molecule has 3 nitrogen and oxygen atoms in total. The number of hydrogen-bond donors (Lipinski definition) is 1. The number of nitrogens with one attached hydrogen (secondary N) is 1. The Hall–Kier alpha value is -0.120. The maximum absolute atomic E-state index is 5.36. The van der Waals surface area contributed by atoms with Crippen molar-refractivity contribution in [2.24, 2.45) is 0 Å². The Balaban J connectivity index is 1.89. The summed E-state index contributed by atoms with van der Waals surface area (Å²) < 4.78 is 5.36. The van der Waals surface area contributed by atoms with Crippen LogP contribution in [0.4, 0.5) is 0 Å². The van der Waals surface area contributed by atoms with Gasteiger partial charge in [0.05, 0.1) is 6.61 Å². The van der Waals surface area contributed by atoms with E-state index in [1.165, 1.54) is 32.4 Å². The molecule has 1 aliphatic carbocycles. The van der Waals surface area contributed by atoms with Gasteiger partial charge in [-0.15, -0.1) is 0 Å². The van der Waals surface area contributed by atoms with Gasteiger partial charge in [0, 0.05) is 19.2 Å². The fourth-order valence-corrected chi connectivity index (χ4v) is 1.66. The van der Waals surface area contributed by atoms with Crippen LogP contribution >= 0.6 is 0 Å². The number of rotatable bonds is 10. The molecule has 1 fully saturated rings. The number of ether oxygens (including phenoxy) is 1. The van der Waals surface area contributed by atoms with Crippen LogP contribution in [-0.4, -0.2) is 50.3 Å². The average molecular weight is 214 g/mol. The standard InChI is InChI=1S/C12H26N2O/c1-3-14(10-11-15-4-2)9-5-8-13-12-6-7-12/h12-13H,3-11H2,1-2H3. The molecule has 1 saturated carbocycles. The number of nitrogens with zero attached hydrogens (tertiary/aromatic N) is 1. The molecule has 15 heavy (non-hydrogen) atoms. The average Bonchev–Trinajstić information content (AvgIpc) is 3.05. The minimum atomic E-state index is 0.834. The lowest BCUT2D eigenvalue weighted by Gasteiger charge is -2.20. The second-order valence-electron chi connectivity index (χ2n) is 4.21. The van der Waals surface area contributed by atoms with E-state index in [0.29, 0.717) is 0 Å². The van der Waals surface area contributed by atoms with Crippen LogP contribution in [0.25, 0.3) is 0 Å². The third-order valence-electron chi connectivity index (χ3n) is 2.86. The largest absolute Gasteiger partial charge is 0.380 e. The fourth-order valence-electron chi connectivity index (χ4n) is 1.66. The Morgan fingerprint density at radius 2 is 2.07 bits per heavy atom. The zero-order valence-electron chi connectivity index (χ0n) is 10.3. The van der Waals surface area contributed by atoms with Gasteiger partial charge in [-0.2, -0.15) is 0 Å².